The number of halogens is 1. The summed E-state index contributed by atoms with van der Waals surface area (Å²) < 4.78 is 13.8. The minimum Gasteiger partial charge on any atom is -0.368 e. The van der Waals surface area contributed by atoms with Crippen molar-refractivity contribution in [3.8, 4) is 0 Å². The lowest BCUT2D eigenvalue weighted by molar-refractivity contribution is 0.0740. The maximum absolute atomic E-state index is 13.8. The molecule has 0 atom stereocenters. The predicted molar refractivity (Wildman–Crippen MR) is 111 cm³/mol. The van der Waals surface area contributed by atoms with E-state index >= 15 is 0 Å². The molecular formula is C22H22FN5O. The molecule has 1 saturated heterocycles. The zero-order valence-electron chi connectivity index (χ0n) is 16.2. The largest absolute Gasteiger partial charge is 0.368 e. The van der Waals surface area contributed by atoms with Crippen LogP contribution in [0.4, 0.5) is 21.6 Å². The number of rotatable bonds is 4. The van der Waals surface area contributed by atoms with Crippen LogP contribution >= 0.6 is 0 Å². The van der Waals surface area contributed by atoms with Crippen molar-refractivity contribution in [1.82, 2.24) is 14.9 Å². The van der Waals surface area contributed by atoms with Crippen LogP contribution in [-0.2, 0) is 0 Å². The lowest BCUT2D eigenvalue weighted by Gasteiger charge is -2.36. The van der Waals surface area contributed by atoms with Crippen molar-refractivity contribution >= 4 is 23.1 Å². The molecule has 2 heterocycles. The second-order valence-corrected chi connectivity index (χ2v) is 7.01. The molecule has 1 aliphatic heterocycles. The van der Waals surface area contributed by atoms with Crippen LogP contribution in [0, 0.1) is 12.7 Å². The maximum atomic E-state index is 13.8. The predicted octanol–water partition coefficient (Wildman–Crippen LogP) is 3.63. The first kappa shape index (κ1) is 18.9. The monoisotopic (exact) mass is 391 g/mol. The van der Waals surface area contributed by atoms with Gasteiger partial charge in [-0.25, -0.2) is 14.4 Å². The molecule has 1 fully saturated rings. The maximum Gasteiger partial charge on any atom is 0.272 e. The number of amides is 1. The number of hydrogen-bond donors (Lipinski definition) is 1. The fourth-order valence-corrected chi connectivity index (χ4v) is 3.40. The lowest BCUT2D eigenvalue weighted by atomic mass is 10.2. The van der Waals surface area contributed by atoms with Crippen LogP contribution in [0.2, 0.25) is 0 Å². The van der Waals surface area contributed by atoms with Crippen molar-refractivity contribution < 1.29 is 9.18 Å². The highest BCUT2D eigenvalue weighted by atomic mass is 19.1. The second-order valence-electron chi connectivity index (χ2n) is 7.01. The zero-order chi connectivity index (χ0) is 20.2. The summed E-state index contributed by atoms with van der Waals surface area (Å²) in [5.74, 6) is -0.147. The third kappa shape index (κ3) is 4.34. The smallest absolute Gasteiger partial charge is 0.272 e. The molecule has 4 rings (SSSR count). The minimum atomic E-state index is -0.383. The minimum absolute atomic E-state index is 0.145. The Morgan fingerprint density at radius 2 is 1.79 bits per heavy atom. The van der Waals surface area contributed by atoms with Gasteiger partial charge in [-0.3, -0.25) is 4.79 Å². The summed E-state index contributed by atoms with van der Waals surface area (Å²) >= 11 is 0. The topological polar surface area (TPSA) is 61.4 Å². The summed E-state index contributed by atoms with van der Waals surface area (Å²) in [7, 11) is 0. The fraction of sp³-hybridized carbons (Fsp3) is 0.227. The number of carbonyl (C=O) groups is 1. The molecular weight excluding hydrogens is 369 g/mol. The van der Waals surface area contributed by atoms with Crippen LogP contribution in [0.15, 0.2) is 60.9 Å². The number of aromatic nitrogens is 2. The van der Waals surface area contributed by atoms with Crippen molar-refractivity contribution in [1.29, 1.82) is 0 Å². The lowest BCUT2D eigenvalue weighted by Crippen LogP contribution is -2.49. The van der Waals surface area contributed by atoms with Crippen LogP contribution < -0.4 is 10.2 Å². The van der Waals surface area contributed by atoms with Crippen molar-refractivity contribution in [3.05, 3.63) is 78.0 Å². The molecule has 1 N–H and O–H groups in total. The Labute approximate surface area is 169 Å². The van der Waals surface area contributed by atoms with Crippen LogP contribution in [-0.4, -0.2) is 47.0 Å². The quantitative estimate of drug-likeness (QED) is 0.736. The normalized spacial score (nSPS) is 14.0. The van der Waals surface area contributed by atoms with Crippen LogP contribution in [0.25, 0.3) is 0 Å². The molecule has 29 heavy (non-hydrogen) atoms. The Kier molecular flexibility index (Phi) is 5.37. The Hall–Kier alpha value is -3.48. The van der Waals surface area contributed by atoms with Crippen molar-refractivity contribution in [2.75, 3.05) is 36.4 Å². The van der Waals surface area contributed by atoms with Gasteiger partial charge >= 0.3 is 0 Å². The van der Waals surface area contributed by atoms with Gasteiger partial charge in [-0.1, -0.05) is 24.3 Å². The molecule has 0 radical (unpaired) electrons. The number of nitrogens with zero attached hydrogens (tertiary/aromatic N) is 4. The molecule has 1 aliphatic rings. The van der Waals surface area contributed by atoms with Crippen LogP contribution in [0.5, 0.6) is 0 Å². The van der Waals surface area contributed by atoms with E-state index < -0.39 is 0 Å². The third-order valence-electron chi connectivity index (χ3n) is 4.96. The van der Waals surface area contributed by atoms with Crippen molar-refractivity contribution in [3.63, 3.8) is 0 Å². The number of para-hydroxylation sites is 1. The summed E-state index contributed by atoms with van der Waals surface area (Å²) in [6, 6.07) is 16.3. The molecule has 1 aromatic heterocycles. The van der Waals surface area contributed by atoms with Gasteiger partial charge in [-0.15, -0.1) is 0 Å². The van der Waals surface area contributed by atoms with Crippen molar-refractivity contribution in [2.45, 2.75) is 6.92 Å². The van der Waals surface area contributed by atoms with E-state index in [0.29, 0.717) is 30.3 Å². The summed E-state index contributed by atoms with van der Waals surface area (Å²) in [6.45, 7) is 4.84. The van der Waals surface area contributed by atoms with Gasteiger partial charge in [0.2, 0.25) is 0 Å². The standard InChI is InChI=1S/C22H22FN5O/c1-16-5-4-6-17(13-16)27-9-11-28(12-10-27)22(29)20-14-21(25-15-24-20)26-19-8-3-2-7-18(19)23/h2-8,13-15H,9-12H2,1H3,(H,24,25,26). The van der Waals surface area contributed by atoms with E-state index in [1.54, 1.807) is 29.2 Å². The van der Waals surface area contributed by atoms with Crippen LogP contribution in [0.1, 0.15) is 16.1 Å². The molecule has 6 nitrogen and oxygen atoms in total. The number of piperazine rings is 1. The summed E-state index contributed by atoms with van der Waals surface area (Å²) in [6.07, 6.45) is 1.32. The van der Waals surface area contributed by atoms with Gasteiger partial charge in [0.05, 0.1) is 5.69 Å². The fourth-order valence-electron chi connectivity index (χ4n) is 3.40. The number of benzene rings is 2. The molecule has 3 aromatic rings. The zero-order valence-corrected chi connectivity index (χ0v) is 16.2. The molecule has 0 bridgehead atoms. The van der Waals surface area contributed by atoms with Crippen LogP contribution in [0.3, 0.4) is 0 Å². The van der Waals surface area contributed by atoms with E-state index in [4.69, 9.17) is 0 Å². The van der Waals surface area contributed by atoms with E-state index in [2.05, 4.69) is 45.3 Å². The average Bonchev–Trinajstić information content (AvgIpc) is 2.75. The van der Waals surface area contributed by atoms with Crippen molar-refractivity contribution in [2.24, 2.45) is 0 Å². The van der Waals surface area contributed by atoms with Gasteiger partial charge in [0.15, 0.2) is 0 Å². The summed E-state index contributed by atoms with van der Waals surface area (Å²) in [5, 5.41) is 2.90. The molecule has 148 valence electrons. The molecule has 2 aromatic carbocycles. The third-order valence-corrected chi connectivity index (χ3v) is 4.96. The highest BCUT2D eigenvalue weighted by molar-refractivity contribution is 5.93. The van der Waals surface area contributed by atoms with E-state index in [1.165, 1.54) is 23.6 Å². The second kappa shape index (κ2) is 8.26. The van der Waals surface area contributed by atoms with E-state index in [0.717, 1.165) is 13.1 Å². The number of carbonyl (C=O) groups excluding carboxylic acids is 1. The Bertz CT molecular complexity index is 1020. The Morgan fingerprint density at radius 3 is 2.55 bits per heavy atom. The van der Waals surface area contributed by atoms with Gasteiger partial charge in [0.1, 0.15) is 23.7 Å². The molecule has 7 heteroatoms. The SMILES string of the molecule is Cc1cccc(N2CCN(C(=O)c3cc(Nc4ccccc4F)ncn3)CC2)c1. The molecule has 0 spiro atoms. The van der Waals surface area contributed by atoms with E-state index in [9.17, 15) is 9.18 Å². The highest BCUT2D eigenvalue weighted by Gasteiger charge is 2.23. The first-order valence-corrected chi connectivity index (χ1v) is 9.54. The van der Waals surface area contributed by atoms with E-state index in [1.807, 2.05) is 6.07 Å². The number of nitrogens with one attached hydrogen (secondary N) is 1. The van der Waals surface area contributed by atoms with Gasteiger partial charge in [-0.05, 0) is 36.8 Å². The Morgan fingerprint density at radius 1 is 1.00 bits per heavy atom. The average molecular weight is 391 g/mol. The molecule has 1 amide bonds. The molecule has 0 aliphatic carbocycles. The Balaban J connectivity index is 1.42. The number of hydrogen-bond acceptors (Lipinski definition) is 5. The first-order chi connectivity index (χ1) is 14.1. The van der Waals surface area contributed by atoms with Gasteiger partial charge < -0.3 is 15.1 Å². The molecule has 0 saturated carbocycles. The number of anilines is 3. The molecule has 0 unspecified atom stereocenters. The van der Waals surface area contributed by atoms with E-state index in [-0.39, 0.29) is 11.7 Å². The van der Waals surface area contributed by atoms with Gasteiger partial charge in [0.25, 0.3) is 5.91 Å². The summed E-state index contributed by atoms with van der Waals surface area (Å²) in [5.41, 5.74) is 2.99. The van der Waals surface area contributed by atoms with Gasteiger partial charge in [-0.2, -0.15) is 0 Å². The summed E-state index contributed by atoms with van der Waals surface area (Å²) in [4.78, 5) is 25.2. The highest BCUT2D eigenvalue weighted by Crippen LogP contribution is 2.20. The first-order valence-electron chi connectivity index (χ1n) is 9.54. The van der Waals surface area contributed by atoms with Gasteiger partial charge in [0, 0.05) is 37.9 Å². The number of aryl methyl sites for hydroxylation is 1.